The van der Waals surface area contributed by atoms with Gasteiger partial charge in [0.1, 0.15) is 5.69 Å². The lowest BCUT2D eigenvalue weighted by Crippen LogP contribution is -2.49. The van der Waals surface area contributed by atoms with E-state index in [2.05, 4.69) is 15.5 Å². The minimum absolute atomic E-state index is 0.0433. The number of halogens is 1. The molecular weight excluding hydrogens is 378 g/mol. The van der Waals surface area contributed by atoms with Gasteiger partial charge in [-0.1, -0.05) is 29.8 Å². The first-order valence-electron chi connectivity index (χ1n) is 8.01. The smallest absolute Gasteiger partial charge is 0.353 e. The number of aromatic nitrogens is 2. The maximum atomic E-state index is 12.4. The van der Waals surface area contributed by atoms with E-state index >= 15 is 0 Å². The minimum Gasteiger partial charge on any atom is -0.477 e. The molecular formula is C17H18ClN3O6. The fraction of sp³-hybridized carbons (Fsp3) is 0.294. The van der Waals surface area contributed by atoms with Crippen LogP contribution in [-0.4, -0.2) is 57.0 Å². The van der Waals surface area contributed by atoms with Crippen molar-refractivity contribution in [2.24, 2.45) is 0 Å². The number of hydrogen-bond donors (Lipinski definition) is 4. The number of ether oxygens (including phenoxy) is 1. The van der Waals surface area contributed by atoms with Crippen LogP contribution >= 0.6 is 11.6 Å². The van der Waals surface area contributed by atoms with Crippen LogP contribution in [0.25, 0.3) is 0 Å². The van der Waals surface area contributed by atoms with E-state index in [-0.39, 0.29) is 24.4 Å². The van der Waals surface area contributed by atoms with Crippen molar-refractivity contribution in [1.29, 1.82) is 0 Å². The molecule has 0 aliphatic heterocycles. The summed E-state index contributed by atoms with van der Waals surface area (Å²) in [6.07, 6.45) is -1.61. The van der Waals surface area contributed by atoms with Crippen molar-refractivity contribution in [3.63, 3.8) is 0 Å². The average molecular weight is 396 g/mol. The number of aliphatic hydroxyl groups excluding tert-OH is 1. The Bertz CT molecular complexity index is 838. The number of carboxylic acid groups (broad SMARTS) is 1. The van der Waals surface area contributed by atoms with Gasteiger partial charge >= 0.3 is 11.9 Å². The van der Waals surface area contributed by atoms with Gasteiger partial charge < -0.3 is 20.3 Å². The average Bonchev–Trinajstić information content (AvgIpc) is 3.13. The molecule has 9 nitrogen and oxygen atoms in total. The Morgan fingerprint density at radius 3 is 2.63 bits per heavy atom. The fourth-order valence-corrected chi connectivity index (χ4v) is 2.54. The summed E-state index contributed by atoms with van der Waals surface area (Å²) in [6, 6.07) is 6.75. The van der Waals surface area contributed by atoms with Crippen LogP contribution in [-0.2, 0) is 16.0 Å². The molecule has 1 aromatic carbocycles. The second-order valence-corrected chi connectivity index (χ2v) is 5.95. The SMILES string of the molecule is CCOC(=O)[C@H](O)[C@@H](Cc1ccccc1Cl)NC(=O)c1cc(C(=O)O)[nH]n1. The molecule has 0 saturated carbocycles. The van der Waals surface area contributed by atoms with Gasteiger partial charge in [0.05, 0.1) is 12.6 Å². The third-order valence-corrected chi connectivity index (χ3v) is 4.03. The second-order valence-electron chi connectivity index (χ2n) is 5.54. The Morgan fingerprint density at radius 2 is 2.04 bits per heavy atom. The summed E-state index contributed by atoms with van der Waals surface area (Å²) in [6.45, 7) is 1.65. The van der Waals surface area contributed by atoms with E-state index in [1.807, 2.05) is 0 Å². The number of benzene rings is 1. The van der Waals surface area contributed by atoms with Crippen molar-refractivity contribution in [1.82, 2.24) is 15.5 Å². The molecule has 0 aliphatic rings. The Hall–Kier alpha value is -2.91. The maximum Gasteiger partial charge on any atom is 0.353 e. The number of carbonyl (C=O) groups excluding carboxylic acids is 2. The summed E-state index contributed by atoms with van der Waals surface area (Å²) >= 11 is 6.11. The predicted octanol–water partition coefficient (Wildman–Crippen LogP) is 1.03. The highest BCUT2D eigenvalue weighted by atomic mass is 35.5. The van der Waals surface area contributed by atoms with Crippen LogP contribution in [0.15, 0.2) is 30.3 Å². The monoisotopic (exact) mass is 395 g/mol. The summed E-state index contributed by atoms with van der Waals surface area (Å²) in [5, 5.41) is 27.9. The Balaban J connectivity index is 2.22. The number of carboxylic acids is 1. The van der Waals surface area contributed by atoms with Gasteiger partial charge in [0.2, 0.25) is 0 Å². The van der Waals surface area contributed by atoms with Crippen molar-refractivity contribution in [2.45, 2.75) is 25.5 Å². The number of rotatable bonds is 8. The number of H-pyrrole nitrogens is 1. The molecule has 1 heterocycles. The molecule has 0 saturated heterocycles. The first kappa shape index (κ1) is 20.4. The molecule has 0 aliphatic carbocycles. The zero-order chi connectivity index (χ0) is 20.0. The number of nitrogens with zero attached hydrogens (tertiary/aromatic N) is 1. The maximum absolute atomic E-state index is 12.4. The van der Waals surface area contributed by atoms with E-state index in [4.69, 9.17) is 21.4 Å². The van der Waals surface area contributed by atoms with Crippen LogP contribution in [0.4, 0.5) is 0 Å². The van der Waals surface area contributed by atoms with Crippen LogP contribution in [0.3, 0.4) is 0 Å². The molecule has 0 spiro atoms. The highest BCUT2D eigenvalue weighted by Gasteiger charge is 2.30. The van der Waals surface area contributed by atoms with E-state index in [9.17, 15) is 19.5 Å². The van der Waals surface area contributed by atoms with E-state index in [1.165, 1.54) is 0 Å². The number of carbonyl (C=O) groups is 3. The molecule has 0 unspecified atom stereocenters. The summed E-state index contributed by atoms with van der Waals surface area (Å²) in [5.41, 5.74) is 0.127. The third-order valence-electron chi connectivity index (χ3n) is 3.66. The molecule has 1 amide bonds. The van der Waals surface area contributed by atoms with Gasteiger partial charge in [-0.3, -0.25) is 9.89 Å². The lowest BCUT2D eigenvalue weighted by molar-refractivity contribution is -0.154. The highest BCUT2D eigenvalue weighted by Crippen LogP contribution is 2.18. The van der Waals surface area contributed by atoms with E-state index < -0.39 is 30.0 Å². The number of esters is 1. The van der Waals surface area contributed by atoms with Crippen molar-refractivity contribution in [3.05, 3.63) is 52.3 Å². The first-order valence-corrected chi connectivity index (χ1v) is 8.39. The normalized spacial score (nSPS) is 12.9. The van der Waals surface area contributed by atoms with Crippen molar-refractivity contribution < 1.29 is 29.3 Å². The Kier molecular flexibility index (Phi) is 6.91. The van der Waals surface area contributed by atoms with Crippen LogP contribution < -0.4 is 5.32 Å². The zero-order valence-electron chi connectivity index (χ0n) is 14.3. The van der Waals surface area contributed by atoms with E-state index in [0.29, 0.717) is 10.6 Å². The molecule has 2 atom stereocenters. The van der Waals surface area contributed by atoms with Gasteiger partial charge in [-0.15, -0.1) is 0 Å². The molecule has 0 radical (unpaired) electrons. The summed E-state index contributed by atoms with van der Waals surface area (Å²) in [7, 11) is 0. The molecule has 0 bridgehead atoms. The van der Waals surface area contributed by atoms with Crippen molar-refractivity contribution >= 4 is 29.4 Å². The van der Waals surface area contributed by atoms with Gasteiger partial charge in [-0.25, -0.2) is 9.59 Å². The molecule has 10 heteroatoms. The summed E-state index contributed by atoms with van der Waals surface area (Å²) in [4.78, 5) is 35.2. The number of hydrogen-bond acceptors (Lipinski definition) is 6. The molecule has 2 aromatic rings. The van der Waals surface area contributed by atoms with E-state index in [0.717, 1.165) is 6.07 Å². The molecule has 144 valence electrons. The quantitative estimate of drug-likeness (QED) is 0.489. The topological polar surface area (TPSA) is 142 Å². The molecule has 27 heavy (non-hydrogen) atoms. The molecule has 1 aromatic heterocycles. The molecule has 2 rings (SSSR count). The summed E-state index contributed by atoms with van der Waals surface area (Å²) in [5.74, 6) is -2.94. The lowest BCUT2D eigenvalue weighted by Gasteiger charge is -2.23. The number of aliphatic hydroxyl groups is 1. The van der Waals surface area contributed by atoms with E-state index in [1.54, 1.807) is 31.2 Å². The fourth-order valence-electron chi connectivity index (χ4n) is 2.32. The minimum atomic E-state index is -1.65. The van der Waals surface area contributed by atoms with Gasteiger partial charge in [0.15, 0.2) is 11.8 Å². The standard InChI is InChI=1S/C17H18ClN3O6/c1-2-27-17(26)14(22)11(7-9-5-3-4-6-10(9)18)19-15(23)12-8-13(16(24)25)21-20-12/h3-6,8,11,14,22H,2,7H2,1H3,(H,19,23)(H,20,21)(H,24,25)/t11-,14-/m1/s1. The van der Waals surface area contributed by atoms with Crippen LogP contribution in [0.2, 0.25) is 5.02 Å². The van der Waals surface area contributed by atoms with Gasteiger partial charge in [-0.2, -0.15) is 5.10 Å². The predicted molar refractivity (Wildman–Crippen MR) is 94.6 cm³/mol. The first-order chi connectivity index (χ1) is 12.8. The second kappa shape index (κ2) is 9.15. The summed E-state index contributed by atoms with van der Waals surface area (Å²) < 4.78 is 4.80. The largest absolute Gasteiger partial charge is 0.477 e. The number of aromatic amines is 1. The zero-order valence-corrected chi connectivity index (χ0v) is 15.1. The van der Waals surface area contributed by atoms with Crippen molar-refractivity contribution in [2.75, 3.05) is 6.61 Å². The lowest BCUT2D eigenvalue weighted by atomic mass is 10.0. The number of aromatic carboxylic acids is 1. The Labute approximate surface area is 159 Å². The van der Waals surface area contributed by atoms with Gasteiger partial charge in [-0.05, 0) is 25.0 Å². The van der Waals surface area contributed by atoms with Gasteiger partial charge in [0, 0.05) is 11.1 Å². The highest BCUT2D eigenvalue weighted by molar-refractivity contribution is 6.31. The van der Waals surface area contributed by atoms with Gasteiger partial charge in [0.25, 0.3) is 5.91 Å². The van der Waals surface area contributed by atoms with Crippen LogP contribution in [0.1, 0.15) is 33.5 Å². The Morgan fingerprint density at radius 1 is 1.33 bits per heavy atom. The number of amides is 1. The number of nitrogens with one attached hydrogen (secondary N) is 2. The van der Waals surface area contributed by atoms with Crippen LogP contribution in [0.5, 0.6) is 0 Å². The molecule has 0 fully saturated rings. The van der Waals surface area contributed by atoms with Crippen LogP contribution in [0, 0.1) is 0 Å². The van der Waals surface area contributed by atoms with Crippen molar-refractivity contribution in [3.8, 4) is 0 Å². The molecule has 4 N–H and O–H groups in total. The third kappa shape index (κ3) is 5.28.